The van der Waals surface area contributed by atoms with Gasteiger partial charge < -0.3 is 4.74 Å². The minimum atomic E-state index is -0.579. The molecule has 0 amide bonds. The van der Waals surface area contributed by atoms with Crippen molar-refractivity contribution in [3.63, 3.8) is 0 Å². The van der Waals surface area contributed by atoms with Gasteiger partial charge in [0.05, 0.1) is 11.1 Å². The van der Waals surface area contributed by atoms with E-state index in [1.807, 2.05) is 13.8 Å². The lowest BCUT2D eigenvalue weighted by atomic mass is 10.2. The average molecular weight is 236 g/mol. The van der Waals surface area contributed by atoms with Crippen LogP contribution in [0, 0.1) is 10.8 Å². The van der Waals surface area contributed by atoms with Crippen LogP contribution >= 0.6 is 0 Å². The van der Waals surface area contributed by atoms with Crippen LogP contribution in [0.4, 0.5) is 4.79 Å². The molecule has 0 aliphatic heterocycles. The highest BCUT2D eigenvalue weighted by molar-refractivity contribution is 5.83. The summed E-state index contributed by atoms with van der Waals surface area (Å²) in [7, 11) is 0. The molecule has 6 heteroatoms. The Balaban J connectivity index is 2.36. The molecule has 0 unspecified atom stereocenters. The number of carbonyl (C=O) groups is 1. The normalized spacial score (nSPS) is 11.0. The van der Waals surface area contributed by atoms with Gasteiger partial charge in [0.25, 0.3) is 0 Å². The molecular formula is C11H14N3O3+. The second-order valence-corrected chi connectivity index (χ2v) is 4.19. The smallest absolute Gasteiger partial charge is 0.429 e. The number of aromatic nitrogens is 3. The molecule has 2 rings (SSSR count). The van der Waals surface area contributed by atoms with E-state index in [2.05, 4.69) is 5.21 Å². The van der Waals surface area contributed by atoms with Gasteiger partial charge in [-0.1, -0.05) is 26.0 Å². The molecule has 1 N–H and O–H groups in total. The highest BCUT2D eigenvalue weighted by atomic mass is 16.6. The van der Waals surface area contributed by atoms with E-state index in [0.29, 0.717) is 22.2 Å². The Labute approximate surface area is 97.4 Å². The van der Waals surface area contributed by atoms with Crippen LogP contribution in [-0.4, -0.2) is 22.6 Å². The zero-order valence-electron chi connectivity index (χ0n) is 9.71. The first kappa shape index (κ1) is 11.4. The van der Waals surface area contributed by atoms with Crippen LogP contribution in [0.25, 0.3) is 11.0 Å². The highest BCUT2D eigenvalue weighted by Crippen LogP contribution is 2.08. The summed E-state index contributed by atoms with van der Waals surface area (Å²) >= 11 is 0. The number of ether oxygens (including phenoxy) is 1. The van der Waals surface area contributed by atoms with E-state index in [0.717, 1.165) is 4.68 Å². The topological polar surface area (TPSA) is 70.0 Å². The van der Waals surface area contributed by atoms with Gasteiger partial charge in [-0.3, -0.25) is 0 Å². The zero-order valence-corrected chi connectivity index (χ0v) is 9.71. The molecule has 1 heterocycles. The number of H-pyrrole nitrogens is 1. The van der Waals surface area contributed by atoms with E-state index in [1.54, 1.807) is 24.3 Å². The van der Waals surface area contributed by atoms with Gasteiger partial charge in [-0.05, 0) is 32.9 Å². The summed E-state index contributed by atoms with van der Waals surface area (Å²) in [4.78, 5) is 23.2. The van der Waals surface area contributed by atoms with E-state index in [9.17, 15) is 9.70 Å². The fourth-order valence-corrected chi connectivity index (χ4v) is 1.47. The number of carbonyl (C=O) groups excluding carboxylic acids is 1. The van der Waals surface area contributed by atoms with Crippen LogP contribution < -0.4 is 4.54 Å². The summed E-state index contributed by atoms with van der Waals surface area (Å²) in [5, 5.41) is 2.38. The maximum atomic E-state index is 11.7. The van der Waals surface area contributed by atoms with Gasteiger partial charge in [-0.25, -0.2) is 0 Å². The van der Waals surface area contributed by atoms with Crippen LogP contribution in [0.1, 0.15) is 13.8 Å². The minimum absolute atomic E-state index is 0.250. The van der Waals surface area contributed by atoms with Crippen LogP contribution in [0.2, 0.25) is 0 Å². The fourth-order valence-electron chi connectivity index (χ4n) is 1.47. The second kappa shape index (κ2) is 4.40. The molecule has 2 aromatic rings. The number of rotatable bonds is 2. The van der Waals surface area contributed by atoms with E-state index in [1.165, 1.54) is 0 Å². The summed E-state index contributed by atoms with van der Waals surface area (Å²) in [5.74, 6) is 0.250. The standard InChI is InChI=1S/C11H14N3O3/c1-8(2)7-17-11(15)13-9-5-3-4-6-10(9)14(16)12-13/h3-6,8H,7H2,1-2H3,(H,12,16)/q+1. The number of nitrogens with one attached hydrogen (secondary N) is 1. The van der Waals surface area contributed by atoms with Crippen molar-refractivity contribution >= 4 is 17.1 Å². The third-order valence-corrected chi connectivity index (χ3v) is 2.25. The van der Waals surface area contributed by atoms with Gasteiger partial charge in [-0.2, -0.15) is 4.79 Å². The van der Waals surface area contributed by atoms with E-state index >= 15 is 0 Å². The molecule has 1 aromatic carbocycles. The fraction of sp³-hybridized carbons (Fsp3) is 0.364. The molecule has 0 radical (unpaired) electrons. The molecule has 0 spiro atoms. The molecule has 0 bridgehead atoms. The molecule has 17 heavy (non-hydrogen) atoms. The number of benzene rings is 1. The molecule has 0 atom stereocenters. The summed E-state index contributed by atoms with van der Waals surface area (Å²) in [6.07, 6.45) is -0.579. The lowest BCUT2D eigenvalue weighted by molar-refractivity contribution is -0.539. The maximum Gasteiger partial charge on any atom is 0.531 e. The first-order chi connectivity index (χ1) is 8.09. The molecule has 0 fully saturated rings. The quantitative estimate of drug-likeness (QED) is 0.804. The maximum absolute atomic E-state index is 11.7. The minimum Gasteiger partial charge on any atom is -0.429 e. The third kappa shape index (κ3) is 2.20. The predicted octanol–water partition coefficient (Wildman–Crippen LogP) is 1.52. The lowest BCUT2D eigenvalue weighted by Crippen LogP contribution is -2.23. The van der Waals surface area contributed by atoms with Crippen LogP contribution in [0.5, 0.6) is 0 Å². The lowest BCUT2D eigenvalue weighted by Gasteiger charge is -2.02. The molecule has 1 aromatic heterocycles. The Hall–Kier alpha value is -2.11. The molecule has 0 aliphatic carbocycles. The van der Waals surface area contributed by atoms with Gasteiger partial charge >= 0.3 is 6.09 Å². The van der Waals surface area contributed by atoms with Crippen molar-refractivity contribution in [1.29, 1.82) is 0 Å². The van der Waals surface area contributed by atoms with Crippen molar-refractivity contribution in [3.05, 3.63) is 29.2 Å². The van der Waals surface area contributed by atoms with Crippen molar-refractivity contribution in [2.24, 2.45) is 5.92 Å². The van der Waals surface area contributed by atoms with E-state index < -0.39 is 6.09 Å². The largest absolute Gasteiger partial charge is 0.531 e. The summed E-state index contributed by atoms with van der Waals surface area (Å²) in [5.41, 5.74) is 0.894. The van der Waals surface area contributed by atoms with Gasteiger partial charge in [0, 0.05) is 0 Å². The van der Waals surface area contributed by atoms with E-state index in [-0.39, 0.29) is 5.92 Å². The first-order valence-corrected chi connectivity index (χ1v) is 5.39. The number of aromatic amines is 1. The van der Waals surface area contributed by atoms with Crippen LogP contribution in [0.3, 0.4) is 0 Å². The Bertz CT molecular complexity index is 597. The van der Waals surface area contributed by atoms with Crippen molar-refractivity contribution in [2.45, 2.75) is 13.8 Å². The Morgan fingerprint density at radius 3 is 2.88 bits per heavy atom. The highest BCUT2D eigenvalue weighted by Gasteiger charge is 2.21. The molecule has 0 saturated carbocycles. The summed E-state index contributed by atoms with van der Waals surface area (Å²) in [6.45, 7) is 4.20. The van der Waals surface area contributed by atoms with Gasteiger partial charge in [-0.15, -0.1) is 0 Å². The average Bonchev–Trinajstić information content (AvgIpc) is 2.65. The Morgan fingerprint density at radius 2 is 2.18 bits per heavy atom. The van der Waals surface area contributed by atoms with Gasteiger partial charge in [0.2, 0.25) is 11.0 Å². The number of nitrogens with zero attached hydrogens (tertiary/aromatic N) is 2. The van der Waals surface area contributed by atoms with Crippen LogP contribution in [0.15, 0.2) is 24.3 Å². The zero-order chi connectivity index (χ0) is 12.4. The number of hydrogen-bond donors (Lipinski definition) is 1. The number of hydrogen-bond acceptors (Lipinski definition) is 3. The Morgan fingerprint density at radius 1 is 1.47 bits per heavy atom. The van der Waals surface area contributed by atoms with Gasteiger partial charge in [0.15, 0.2) is 0 Å². The molecule has 0 saturated heterocycles. The predicted molar refractivity (Wildman–Crippen MR) is 61.2 cm³/mol. The third-order valence-electron chi connectivity index (χ3n) is 2.25. The van der Waals surface area contributed by atoms with E-state index in [4.69, 9.17) is 4.74 Å². The SMILES string of the molecule is CC(C)COC(=O)n1[nH][n+](=O)c2ccccc21. The molecule has 0 aliphatic rings. The monoisotopic (exact) mass is 236 g/mol. The molecular weight excluding hydrogens is 222 g/mol. The van der Waals surface area contributed by atoms with Crippen molar-refractivity contribution in [1.82, 2.24) is 9.90 Å². The first-order valence-electron chi connectivity index (χ1n) is 5.39. The van der Waals surface area contributed by atoms with Crippen molar-refractivity contribution < 1.29 is 14.1 Å². The van der Waals surface area contributed by atoms with Gasteiger partial charge in [0.1, 0.15) is 0 Å². The van der Waals surface area contributed by atoms with Crippen molar-refractivity contribution in [3.8, 4) is 0 Å². The molecule has 6 nitrogen and oxygen atoms in total. The van der Waals surface area contributed by atoms with Crippen molar-refractivity contribution in [2.75, 3.05) is 6.61 Å². The summed E-state index contributed by atoms with van der Waals surface area (Å²) < 4.78 is 6.69. The Kier molecular flexibility index (Phi) is 2.95. The summed E-state index contributed by atoms with van der Waals surface area (Å²) in [6, 6.07) is 6.79. The number of fused-ring (bicyclic) bond motifs is 1. The molecule has 90 valence electrons. The second-order valence-electron chi connectivity index (χ2n) is 4.19. The number of para-hydroxylation sites is 2. The van der Waals surface area contributed by atoms with Crippen LogP contribution in [-0.2, 0) is 4.74 Å².